The number of para-hydroxylation sites is 1. The molecule has 37 heavy (non-hydrogen) atoms. The summed E-state index contributed by atoms with van der Waals surface area (Å²) in [6.07, 6.45) is 0.874. The number of hydrogen-bond donors (Lipinski definition) is 2. The van der Waals surface area contributed by atoms with Crippen LogP contribution in [0.4, 0.5) is 5.69 Å². The first-order valence-corrected chi connectivity index (χ1v) is 12.6. The van der Waals surface area contributed by atoms with E-state index in [0.717, 1.165) is 5.69 Å². The number of fused-ring (bicyclic) bond motifs is 1. The van der Waals surface area contributed by atoms with E-state index in [0.29, 0.717) is 24.9 Å². The largest absolute Gasteiger partial charge is 0.507 e. The Hall–Kier alpha value is -3.88. The van der Waals surface area contributed by atoms with Crippen molar-refractivity contribution in [1.82, 2.24) is 15.1 Å². The maximum Gasteiger partial charge on any atom is 0.258 e. The van der Waals surface area contributed by atoms with E-state index in [1.165, 1.54) is 21.9 Å². The van der Waals surface area contributed by atoms with Gasteiger partial charge in [0, 0.05) is 31.9 Å². The van der Waals surface area contributed by atoms with Gasteiger partial charge in [0.25, 0.3) is 11.8 Å². The van der Waals surface area contributed by atoms with Gasteiger partial charge in [-0.3, -0.25) is 19.2 Å². The summed E-state index contributed by atoms with van der Waals surface area (Å²) < 4.78 is 0. The topological polar surface area (TPSA) is 110 Å². The zero-order valence-electron chi connectivity index (χ0n) is 21.7. The van der Waals surface area contributed by atoms with Gasteiger partial charge in [0.2, 0.25) is 5.91 Å². The molecule has 9 heteroatoms. The monoisotopic (exact) mass is 506 g/mol. The van der Waals surface area contributed by atoms with Crippen LogP contribution in [0.15, 0.2) is 48.5 Å². The van der Waals surface area contributed by atoms with Gasteiger partial charge in [-0.25, -0.2) is 0 Å². The maximum absolute atomic E-state index is 13.7. The van der Waals surface area contributed by atoms with Crippen LogP contribution in [0.2, 0.25) is 0 Å². The minimum Gasteiger partial charge on any atom is -0.507 e. The molecule has 4 rings (SSSR count). The number of rotatable bonds is 7. The number of hydrogen-bond acceptors (Lipinski definition) is 6. The van der Waals surface area contributed by atoms with Crippen LogP contribution in [0.3, 0.4) is 0 Å². The van der Waals surface area contributed by atoms with E-state index in [-0.39, 0.29) is 41.4 Å². The second-order valence-corrected chi connectivity index (χ2v) is 10.3. The van der Waals surface area contributed by atoms with Gasteiger partial charge < -0.3 is 25.1 Å². The molecule has 0 saturated carbocycles. The first-order valence-electron chi connectivity index (χ1n) is 12.6. The summed E-state index contributed by atoms with van der Waals surface area (Å²) in [4.78, 5) is 57.8. The van der Waals surface area contributed by atoms with Gasteiger partial charge in [-0.1, -0.05) is 26.0 Å². The highest BCUT2D eigenvalue weighted by molar-refractivity contribution is 6.04. The van der Waals surface area contributed by atoms with Crippen molar-refractivity contribution < 1.29 is 24.3 Å². The molecule has 2 saturated heterocycles. The van der Waals surface area contributed by atoms with Gasteiger partial charge in [0.05, 0.1) is 18.2 Å². The van der Waals surface area contributed by atoms with Crippen molar-refractivity contribution in [1.29, 1.82) is 0 Å². The molecule has 196 valence electrons. The quantitative estimate of drug-likeness (QED) is 0.596. The fraction of sp³-hybridized carbons (Fsp3) is 0.429. The molecule has 2 fully saturated rings. The Balaban J connectivity index is 1.51. The normalized spacial score (nSPS) is 19.6. The minimum absolute atomic E-state index is 0.119. The zero-order chi connectivity index (χ0) is 26.9. The number of aromatic hydroxyl groups is 1. The molecule has 2 aliphatic rings. The predicted molar refractivity (Wildman–Crippen MR) is 140 cm³/mol. The van der Waals surface area contributed by atoms with Crippen molar-refractivity contribution in [3.8, 4) is 5.75 Å². The van der Waals surface area contributed by atoms with Crippen LogP contribution in [0, 0.1) is 5.92 Å². The van der Waals surface area contributed by atoms with Crippen molar-refractivity contribution in [3.63, 3.8) is 0 Å². The number of ketones is 1. The van der Waals surface area contributed by atoms with E-state index in [1.54, 1.807) is 24.3 Å². The van der Waals surface area contributed by atoms with Crippen LogP contribution >= 0.6 is 0 Å². The third kappa shape index (κ3) is 5.30. The van der Waals surface area contributed by atoms with E-state index in [9.17, 15) is 24.3 Å². The summed E-state index contributed by atoms with van der Waals surface area (Å²) in [5, 5.41) is 13.0. The van der Waals surface area contributed by atoms with Gasteiger partial charge in [0.1, 0.15) is 17.8 Å². The number of anilines is 1. The first kappa shape index (κ1) is 26.2. The molecular weight excluding hydrogens is 472 g/mol. The number of benzene rings is 2. The molecule has 0 unspecified atom stereocenters. The van der Waals surface area contributed by atoms with Crippen LogP contribution in [0.5, 0.6) is 5.75 Å². The Bertz CT molecular complexity index is 1190. The first-order chi connectivity index (χ1) is 17.6. The Morgan fingerprint density at radius 1 is 1.05 bits per heavy atom. The molecule has 0 bridgehead atoms. The lowest BCUT2D eigenvalue weighted by Gasteiger charge is -2.29. The zero-order valence-corrected chi connectivity index (χ0v) is 21.7. The van der Waals surface area contributed by atoms with Crippen molar-refractivity contribution >= 4 is 29.2 Å². The molecule has 2 aromatic rings. The minimum atomic E-state index is -0.796. The molecule has 0 aliphatic carbocycles. The molecule has 2 aromatic carbocycles. The summed E-state index contributed by atoms with van der Waals surface area (Å²) in [7, 11) is 3.83. The molecule has 3 amide bonds. The highest BCUT2D eigenvalue weighted by Crippen LogP contribution is 2.33. The maximum atomic E-state index is 13.7. The Morgan fingerprint density at radius 2 is 1.73 bits per heavy atom. The number of phenols is 1. The third-order valence-electron chi connectivity index (χ3n) is 7.06. The molecule has 2 heterocycles. The average molecular weight is 507 g/mol. The van der Waals surface area contributed by atoms with Crippen LogP contribution in [-0.2, 0) is 9.59 Å². The molecule has 2 N–H and O–H groups in total. The Morgan fingerprint density at radius 3 is 2.35 bits per heavy atom. The third-order valence-corrected chi connectivity index (χ3v) is 7.06. The molecule has 0 radical (unpaired) electrons. The van der Waals surface area contributed by atoms with Gasteiger partial charge in [-0.2, -0.15) is 0 Å². The SMILES string of the molecule is CC(C)C[C@H](NC(=O)c1ccc(N(C)C)cc1)C(=O)N1CC[C@@H]2[C@H]1C(=O)CN2C(=O)c1ccccc1O. The van der Waals surface area contributed by atoms with E-state index < -0.39 is 24.0 Å². The van der Waals surface area contributed by atoms with Gasteiger partial charge >= 0.3 is 0 Å². The number of amides is 3. The van der Waals surface area contributed by atoms with Crippen LogP contribution < -0.4 is 10.2 Å². The van der Waals surface area contributed by atoms with Gasteiger partial charge in [-0.15, -0.1) is 0 Å². The highest BCUT2D eigenvalue weighted by atomic mass is 16.3. The van der Waals surface area contributed by atoms with E-state index in [1.807, 2.05) is 45.0 Å². The fourth-order valence-corrected chi connectivity index (χ4v) is 5.19. The summed E-state index contributed by atoms with van der Waals surface area (Å²) in [6.45, 7) is 4.13. The number of nitrogens with zero attached hydrogens (tertiary/aromatic N) is 3. The van der Waals surface area contributed by atoms with Crippen molar-refractivity contribution in [2.24, 2.45) is 5.92 Å². The molecule has 0 spiro atoms. The molecule has 9 nitrogen and oxygen atoms in total. The molecule has 0 aromatic heterocycles. The summed E-state index contributed by atoms with van der Waals surface area (Å²) in [6, 6.07) is 11.3. The van der Waals surface area contributed by atoms with E-state index in [2.05, 4.69) is 5.32 Å². The second-order valence-electron chi connectivity index (χ2n) is 10.3. The molecular formula is C28H34N4O5. The van der Waals surface area contributed by atoms with E-state index in [4.69, 9.17) is 0 Å². The van der Waals surface area contributed by atoms with Crippen LogP contribution in [0.25, 0.3) is 0 Å². The predicted octanol–water partition coefficient (Wildman–Crippen LogP) is 2.30. The summed E-state index contributed by atoms with van der Waals surface area (Å²) in [5.74, 6) is -1.33. The smallest absolute Gasteiger partial charge is 0.258 e. The number of nitrogens with one attached hydrogen (secondary N) is 1. The lowest BCUT2D eigenvalue weighted by molar-refractivity contribution is -0.138. The lowest BCUT2D eigenvalue weighted by atomic mass is 10.0. The fourth-order valence-electron chi connectivity index (χ4n) is 5.19. The second kappa shape index (κ2) is 10.6. The summed E-state index contributed by atoms with van der Waals surface area (Å²) >= 11 is 0. The summed E-state index contributed by atoms with van der Waals surface area (Å²) in [5.41, 5.74) is 1.53. The number of phenolic OH excluding ortho intramolecular Hbond substituents is 1. The van der Waals surface area contributed by atoms with Crippen LogP contribution in [0.1, 0.15) is 47.4 Å². The molecule has 3 atom stereocenters. The Kier molecular flexibility index (Phi) is 7.52. The highest BCUT2D eigenvalue weighted by Gasteiger charge is 2.52. The Labute approximate surface area is 217 Å². The standard InChI is InChI=1S/C28H34N4O5/c1-17(2)15-21(29-26(35)18-9-11-19(12-10-18)30(3)4)28(37)31-14-13-22-25(31)24(34)16-32(22)27(36)20-7-5-6-8-23(20)33/h5-12,17,21-22,25,33H,13-16H2,1-4H3,(H,29,35)/t21-,22+,25-/m0/s1. The van der Waals surface area contributed by atoms with Crippen LogP contribution in [-0.4, -0.2) is 83.7 Å². The number of carbonyl (C=O) groups is 4. The average Bonchev–Trinajstić information content (AvgIpc) is 3.44. The van der Waals surface area contributed by atoms with Gasteiger partial charge in [-0.05, 0) is 55.2 Å². The van der Waals surface area contributed by atoms with E-state index >= 15 is 0 Å². The lowest BCUT2D eigenvalue weighted by Crippen LogP contribution is -2.53. The number of carbonyl (C=O) groups excluding carboxylic acids is 4. The molecule has 2 aliphatic heterocycles. The van der Waals surface area contributed by atoms with Crippen molar-refractivity contribution in [2.45, 2.75) is 44.8 Å². The number of Topliss-reactive ketones (excluding diaryl/α,β-unsaturated/α-hetero) is 1. The van der Waals surface area contributed by atoms with Gasteiger partial charge in [0.15, 0.2) is 5.78 Å². The van der Waals surface area contributed by atoms with Crippen molar-refractivity contribution in [2.75, 3.05) is 32.1 Å². The number of likely N-dealkylation sites (tertiary alicyclic amines) is 2. The van der Waals surface area contributed by atoms with Crippen molar-refractivity contribution in [3.05, 3.63) is 59.7 Å².